The van der Waals surface area contributed by atoms with Gasteiger partial charge in [-0.3, -0.25) is 0 Å². The molecular weight excluding hydrogens is 116 g/mol. The van der Waals surface area contributed by atoms with Crippen molar-refractivity contribution in [2.75, 3.05) is 6.54 Å². The smallest absolute Gasteiger partial charge is 0.0631 e. The van der Waals surface area contributed by atoms with E-state index < -0.39 is 0 Å². The molecule has 9 heavy (non-hydrogen) atoms. The van der Waals surface area contributed by atoms with Crippen LogP contribution in [0.2, 0.25) is 0 Å². The van der Waals surface area contributed by atoms with Gasteiger partial charge in [0.15, 0.2) is 0 Å². The fourth-order valence-corrected chi connectivity index (χ4v) is 0.646. The van der Waals surface area contributed by atoms with E-state index in [0.717, 1.165) is 6.54 Å². The van der Waals surface area contributed by atoms with E-state index in [9.17, 15) is 0 Å². The van der Waals surface area contributed by atoms with Crippen molar-refractivity contribution in [2.45, 2.75) is 26.3 Å². The summed E-state index contributed by atoms with van der Waals surface area (Å²) in [5, 5.41) is 14.2. The normalized spacial score (nSPS) is 12.8. The maximum Gasteiger partial charge on any atom is 0.0631 e. The summed E-state index contributed by atoms with van der Waals surface area (Å²) in [5.74, 6) is 0. The van der Waals surface area contributed by atoms with Gasteiger partial charge in [0.1, 0.15) is 0 Å². The molecule has 0 fully saturated rings. The Balaban J connectivity index is 3.70. The molecule has 0 aliphatic carbocycles. The number of oxime groups is 1. The average Bonchev–Trinajstić information content (AvgIpc) is 1.64. The second-order valence-corrected chi connectivity index (χ2v) is 2.50. The van der Waals surface area contributed by atoms with Crippen LogP contribution >= 0.6 is 0 Å². The monoisotopic (exact) mass is 130 g/mol. The van der Waals surface area contributed by atoms with Crippen LogP contribution in [0.4, 0.5) is 0 Å². The summed E-state index contributed by atoms with van der Waals surface area (Å²) in [4.78, 5) is 0. The van der Waals surface area contributed by atoms with Gasteiger partial charge in [0.25, 0.3) is 0 Å². The molecular formula is C6H14N2O. The quantitative estimate of drug-likeness (QED) is 0.338. The van der Waals surface area contributed by atoms with Gasteiger partial charge in [-0.1, -0.05) is 6.92 Å². The standard InChI is InChI=1S/C6H14N2O/c1-4-7-6(2,3)5-8-9/h5,7,9H,4H2,1-3H3/b8-5+. The van der Waals surface area contributed by atoms with Crippen molar-refractivity contribution < 1.29 is 5.21 Å². The molecule has 54 valence electrons. The van der Waals surface area contributed by atoms with Crippen molar-refractivity contribution >= 4 is 6.21 Å². The SMILES string of the molecule is CCNC(C)(C)/C=N/O. The Morgan fingerprint density at radius 2 is 2.22 bits per heavy atom. The Hall–Kier alpha value is -0.570. The molecule has 0 spiro atoms. The van der Waals surface area contributed by atoms with Crippen molar-refractivity contribution in [3.63, 3.8) is 0 Å². The molecule has 0 unspecified atom stereocenters. The molecule has 0 saturated heterocycles. The highest BCUT2D eigenvalue weighted by molar-refractivity contribution is 5.68. The van der Waals surface area contributed by atoms with E-state index in [4.69, 9.17) is 5.21 Å². The van der Waals surface area contributed by atoms with Gasteiger partial charge in [0.2, 0.25) is 0 Å². The Morgan fingerprint density at radius 3 is 2.56 bits per heavy atom. The average molecular weight is 130 g/mol. The lowest BCUT2D eigenvalue weighted by atomic mass is 10.1. The minimum absolute atomic E-state index is 0.191. The van der Waals surface area contributed by atoms with Crippen LogP contribution < -0.4 is 5.32 Å². The van der Waals surface area contributed by atoms with Crippen LogP contribution in [-0.4, -0.2) is 23.5 Å². The largest absolute Gasteiger partial charge is 0.411 e. The number of hydrogen-bond acceptors (Lipinski definition) is 3. The third-order valence-corrected chi connectivity index (χ3v) is 1.01. The number of rotatable bonds is 3. The van der Waals surface area contributed by atoms with Crippen molar-refractivity contribution in [1.29, 1.82) is 0 Å². The highest BCUT2D eigenvalue weighted by Gasteiger charge is 2.11. The Labute approximate surface area is 55.8 Å². The molecule has 0 aromatic carbocycles. The summed E-state index contributed by atoms with van der Waals surface area (Å²) in [7, 11) is 0. The fraction of sp³-hybridized carbons (Fsp3) is 0.833. The summed E-state index contributed by atoms with van der Waals surface area (Å²) in [6, 6.07) is 0. The molecule has 0 aliphatic rings. The summed E-state index contributed by atoms with van der Waals surface area (Å²) in [6.45, 7) is 6.76. The van der Waals surface area contributed by atoms with E-state index in [1.165, 1.54) is 6.21 Å². The van der Waals surface area contributed by atoms with E-state index in [1.807, 2.05) is 20.8 Å². The highest BCUT2D eigenvalue weighted by Crippen LogP contribution is 1.95. The summed E-state index contributed by atoms with van der Waals surface area (Å²) in [5.41, 5.74) is -0.191. The first kappa shape index (κ1) is 8.43. The van der Waals surface area contributed by atoms with Crippen LogP contribution in [-0.2, 0) is 0 Å². The van der Waals surface area contributed by atoms with Gasteiger partial charge < -0.3 is 10.5 Å². The Morgan fingerprint density at radius 1 is 1.67 bits per heavy atom. The lowest BCUT2D eigenvalue weighted by Gasteiger charge is -2.18. The van der Waals surface area contributed by atoms with E-state index in [-0.39, 0.29) is 5.54 Å². The maximum atomic E-state index is 8.16. The topological polar surface area (TPSA) is 44.6 Å². The molecule has 0 saturated carbocycles. The van der Waals surface area contributed by atoms with Crippen LogP contribution in [0.25, 0.3) is 0 Å². The molecule has 0 bridgehead atoms. The second-order valence-electron chi connectivity index (χ2n) is 2.50. The molecule has 0 aromatic heterocycles. The minimum Gasteiger partial charge on any atom is -0.411 e. The predicted molar refractivity (Wildman–Crippen MR) is 38.0 cm³/mol. The van der Waals surface area contributed by atoms with Gasteiger partial charge in [-0.2, -0.15) is 0 Å². The van der Waals surface area contributed by atoms with Gasteiger partial charge in [0.05, 0.1) is 11.8 Å². The van der Waals surface area contributed by atoms with Crippen molar-refractivity contribution in [2.24, 2.45) is 5.16 Å². The van der Waals surface area contributed by atoms with Crippen molar-refractivity contribution in [1.82, 2.24) is 5.32 Å². The van der Waals surface area contributed by atoms with Crippen LogP contribution in [0, 0.1) is 0 Å². The molecule has 3 nitrogen and oxygen atoms in total. The molecule has 0 heterocycles. The Bertz CT molecular complexity index is 99.2. The van der Waals surface area contributed by atoms with Gasteiger partial charge in [-0.15, -0.1) is 5.16 Å². The maximum absolute atomic E-state index is 8.16. The third-order valence-electron chi connectivity index (χ3n) is 1.01. The minimum atomic E-state index is -0.191. The van der Waals surface area contributed by atoms with Crippen LogP contribution in [0.15, 0.2) is 5.16 Å². The first-order valence-corrected chi connectivity index (χ1v) is 3.06. The zero-order valence-electron chi connectivity index (χ0n) is 6.18. The molecule has 0 rings (SSSR count). The first-order valence-electron chi connectivity index (χ1n) is 3.06. The second kappa shape index (κ2) is 3.45. The third kappa shape index (κ3) is 3.97. The van der Waals surface area contributed by atoms with E-state index in [1.54, 1.807) is 0 Å². The van der Waals surface area contributed by atoms with Gasteiger partial charge in [-0.25, -0.2) is 0 Å². The zero-order valence-corrected chi connectivity index (χ0v) is 6.18. The number of hydrogen-bond donors (Lipinski definition) is 2. The molecule has 0 aromatic rings. The fourth-order valence-electron chi connectivity index (χ4n) is 0.646. The summed E-state index contributed by atoms with van der Waals surface area (Å²) < 4.78 is 0. The van der Waals surface area contributed by atoms with Crippen molar-refractivity contribution in [3.05, 3.63) is 0 Å². The molecule has 0 amide bonds. The zero-order chi connectivity index (χ0) is 7.33. The van der Waals surface area contributed by atoms with E-state index in [2.05, 4.69) is 10.5 Å². The first-order chi connectivity index (χ1) is 4.12. The molecule has 0 radical (unpaired) electrons. The number of nitrogens with zero attached hydrogens (tertiary/aromatic N) is 1. The van der Waals surface area contributed by atoms with Crippen LogP contribution in [0.3, 0.4) is 0 Å². The van der Waals surface area contributed by atoms with Gasteiger partial charge >= 0.3 is 0 Å². The van der Waals surface area contributed by atoms with Gasteiger partial charge in [-0.05, 0) is 20.4 Å². The lowest BCUT2D eigenvalue weighted by Crippen LogP contribution is -2.40. The van der Waals surface area contributed by atoms with Gasteiger partial charge in [0, 0.05) is 0 Å². The van der Waals surface area contributed by atoms with E-state index in [0.29, 0.717) is 0 Å². The highest BCUT2D eigenvalue weighted by atomic mass is 16.4. The molecule has 2 N–H and O–H groups in total. The van der Waals surface area contributed by atoms with Crippen molar-refractivity contribution in [3.8, 4) is 0 Å². The summed E-state index contributed by atoms with van der Waals surface area (Å²) in [6.07, 6.45) is 1.47. The van der Waals surface area contributed by atoms with Crippen LogP contribution in [0.5, 0.6) is 0 Å². The molecule has 0 atom stereocenters. The Kier molecular flexibility index (Phi) is 3.24. The molecule has 0 aliphatic heterocycles. The van der Waals surface area contributed by atoms with Crippen LogP contribution in [0.1, 0.15) is 20.8 Å². The van der Waals surface area contributed by atoms with E-state index >= 15 is 0 Å². The predicted octanol–water partition coefficient (Wildman–Crippen LogP) is 0.834. The molecule has 3 heteroatoms. The number of nitrogens with one attached hydrogen (secondary N) is 1. The lowest BCUT2D eigenvalue weighted by molar-refractivity contribution is 0.315. The summed E-state index contributed by atoms with van der Waals surface area (Å²) >= 11 is 0.